The number of rotatable bonds is 2. The minimum atomic E-state index is -0.457. The number of benzene rings is 1. The maximum Gasteiger partial charge on any atom is 0.292 e. The van der Waals surface area contributed by atoms with E-state index >= 15 is 0 Å². The van der Waals surface area contributed by atoms with Gasteiger partial charge in [-0.2, -0.15) is 0 Å². The van der Waals surface area contributed by atoms with Gasteiger partial charge < -0.3 is 10.2 Å². The van der Waals surface area contributed by atoms with Gasteiger partial charge in [0.15, 0.2) is 5.76 Å². The molecule has 6 nitrogen and oxygen atoms in total. The number of oxazole rings is 1. The van der Waals surface area contributed by atoms with Crippen LogP contribution in [0.15, 0.2) is 28.8 Å². The van der Waals surface area contributed by atoms with Gasteiger partial charge in [0.2, 0.25) is 0 Å². The molecule has 0 amide bonds. The minimum Gasteiger partial charge on any atom is -0.423 e. The molecule has 1 heterocycles. The molecule has 2 aromatic rings. The third kappa shape index (κ3) is 1.60. The number of hydrogen-bond donors (Lipinski definition) is 1. The molecule has 6 heteroatoms. The number of anilines is 1. The molecule has 1 aromatic carbocycles. The molecule has 0 atom stereocenters. The van der Waals surface area contributed by atoms with E-state index in [1.54, 1.807) is 19.1 Å². The van der Waals surface area contributed by atoms with E-state index < -0.39 is 4.92 Å². The number of nitrogens with two attached hydrogens (primary N) is 1. The number of nitro benzene ring substituents is 1. The molecule has 0 aliphatic rings. The number of nitrogens with zero attached hydrogens (tertiary/aromatic N) is 2. The summed E-state index contributed by atoms with van der Waals surface area (Å²) in [4.78, 5) is 14.1. The highest BCUT2D eigenvalue weighted by Gasteiger charge is 2.20. The first kappa shape index (κ1) is 10.2. The van der Waals surface area contributed by atoms with Crippen LogP contribution >= 0.6 is 0 Å². The van der Waals surface area contributed by atoms with E-state index in [-0.39, 0.29) is 11.7 Å². The Labute approximate surface area is 90.9 Å². The molecule has 0 fully saturated rings. The lowest BCUT2D eigenvalue weighted by Gasteiger charge is -2.02. The van der Waals surface area contributed by atoms with E-state index in [0.29, 0.717) is 11.3 Å². The third-order valence-electron chi connectivity index (χ3n) is 2.22. The predicted octanol–water partition coefficient (Wildman–Crippen LogP) is 2.14. The van der Waals surface area contributed by atoms with Gasteiger partial charge in [-0.15, -0.1) is 0 Å². The van der Waals surface area contributed by atoms with E-state index in [1.165, 1.54) is 12.3 Å². The van der Waals surface area contributed by atoms with Gasteiger partial charge in [-0.3, -0.25) is 10.1 Å². The van der Waals surface area contributed by atoms with Crippen molar-refractivity contribution in [3.05, 3.63) is 40.1 Å². The highest BCUT2D eigenvalue weighted by atomic mass is 16.6. The van der Waals surface area contributed by atoms with Crippen LogP contribution in [0.4, 0.5) is 11.7 Å². The molecule has 0 aliphatic carbocycles. The van der Waals surface area contributed by atoms with E-state index in [1.807, 2.05) is 0 Å². The summed E-state index contributed by atoms with van der Waals surface area (Å²) in [6, 6.07) is 4.80. The lowest BCUT2D eigenvalue weighted by atomic mass is 10.1. The van der Waals surface area contributed by atoms with Crippen molar-refractivity contribution in [3.8, 4) is 11.3 Å². The molecule has 0 aliphatic heterocycles. The standard InChI is InChI=1S/C10H9N3O3/c1-6-3-2-4-7(13(14)15)9(6)8-5-12-10(11)16-8/h2-5H,1H3,(H2,11,12). The average Bonchev–Trinajstić information content (AvgIpc) is 2.64. The summed E-state index contributed by atoms with van der Waals surface area (Å²) in [5, 5.41) is 10.9. The van der Waals surface area contributed by atoms with Crippen LogP contribution in [0.2, 0.25) is 0 Å². The lowest BCUT2D eigenvalue weighted by Crippen LogP contribution is -1.93. The second-order valence-electron chi connectivity index (χ2n) is 3.29. The van der Waals surface area contributed by atoms with Crippen molar-refractivity contribution in [1.82, 2.24) is 4.98 Å². The topological polar surface area (TPSA) is 95.2 Å². The zero-order chi connectivity index (χ0) is 11.7. The maximum atomic E-state index is 10.9. The molecule has 82 valence electrons. The predicted molar refractivity (Wildman–Crippen MR) is 57.7 cm³/mol. The van der Waals surface area contributed by atoms with Crippen molar-refractivity contribution in [1.29, 1.82) is 0 Å². The Balaban J connectivity index is 2.67. The summed E-state index contributed by atoms with van der Waals surface area (Å²) < 4.78 is 5.10. The normalized spacial score (nSPS) is 10.3. The van der Waals surface area contributed by atoms with Crippen molar-refractivity contribution in [2.75, 3.05) is 5.73 Å². The van der Waals surface area contributed by atoms with Crippen molar-refractivity contribution < 1.29 is 9.34 Å². The molecule has 2 rings (SSSR count). The monoisotopic (exact) mass is 219 g/mol. The van der Waals surface area contributed by atoms with Gasteiger partial charge >= 0.3 is 0 Å². The Morgan fingerprint density at radius 1 is 1.50 bits per heavy atom. The largest absolute Gasteiger partial charge is 0.423 e. The molecule has 0 saturated heterocycles. The number of nitrogen functional groups attached to an aromatic ring is 1. The molecule has 0 spiro atoms. The highest BCUT2D eigenvalue weighted by Crippen LogP contribution is 2.33. The van der Waals surface area contributed by atoms with Crippen molar-refractivity contribution >= 4 is 11.7 Å². The number of aromatic nitrogens is 1. The molecular formula is C10H9N3O3. The molecule has 0 radical (unpaired) electrons. The molecule has 1 aromatic heterocycles. The first-order chi connectivity index (χ1) is 7.59. The van der Waals surface area contributed by atoms with Gasteiger partial charge in [0, 0.05) is 6.07 Å². The zero-order valence-electron chi connectivity index (χ0n) is 8.51. The van der Waals surface area contributed by atoms with E-state index in [9.17, 15) is 10.1 Å². The highest BCUT2D eigenvalue weighted by molar-refractivity contribution is 5.72. The van der Waals surface area contributed by atoms with E-state index in [4.69, 9.17) is 10.2 Å². The molecule has 2 N–H and O–H groups in total. The van der Waals surface area contributed by atoms with Gasteiger partial charge in [0.1, 0.15) is 0 Å². The van der Waals surface area contributed by atoms with Crippen LogP contribution in [0.3, 0.4) is 0 Å². The van der Waals surface area contributed by atoms with Crippen molar-refractivity contribution in [2.24, 2.45) is 0 Å². The van der Waals surface area contributed by atoms with Crippen LogP contribution < -0.4 is 5.73 Å². The van der Waals surface area contributed by atoms with Gasteiger partial charge in [-0.1, -0.05) is 12.1 Å². The van der Waals surface area contributed by atoms with Crippen LogP contribution in [-0.4, -0.2) is 9.91 Å². The van der Waals surface area contributed by atoms with Crippen molar-refractivity contribution in [3.63, 3.8) is 0 Å². The number of aryl methyl sites for hydroxylation is 1. The van der Waals surface area contributed by atoms with Crippen molar-refractivity contribution in [2.45, 2.75) is 6.92 Å². The summed E-state index contributed by atoms with van der Waals surface area (Å²) in [5.74, 6) is 0.308. The Kier molecular flexibility index (Phi) is 2.32. The summed E-state index contributed by atoms with van der Waals surface area (Å²) in [6.45, 7) is 1.76. The number of nitro groups is 1. The molecule has 0 saturated carbocycles. The Hall–Kier alpha value is -2.37. The SMILES string of the molecule is Cc1cccc([N+](=O)[O-])c1-c1cnc(N)o1. The van der Waals surface area contributed by atoms with Gasteiger partial charge in [-0.05, 0) is 12.5 Å². The van der Waals surface area contributed by atoms with E-state index in [2.05, 4.69) is 4.98 Å². The zero-order valence-corrected chi connectivity index (χ0v) is 8.51. The quantitative estimate of drug-likeness (QED) is 0.616. The second kappa shape index (κ2) is 3.65. The fraction of sp³-hybridized carbons (Fsp3) is 0.100. The van der Waals surface area contributed by atoms with Crippen LogP contribution in [-0.2, 0) is 0 Å². The van der Waals surface area contributed by atoms with Gasteiger partial charge in [-0.25, -0.2) is 4.98 Å². The molecular weight excluding hydrogens is 210 g/mol. The molecule has 16 heavy (non-hydrogen) atoms. The van der Waals surface area contributed by atoms with E-state index in [0.717, 1.165) is 5.56 Å². The summed E-state index contributed by atoms with van der Waals surface area (Å²) >= 11 is 0. The van der Waals surface area contributed by atoms with Crippen LogP contribution in [0.5, 0.6) is 0 Å². The Morgan fingerprint density at radius 3 is 2.81 bits per heavy atom. The first-order valence-corrected chi connectivity index (χ1v) is 4.55. The Morgan fingerprint density at radius 2 is 2.25 bits per heavy atom. The average molecular weight is 219 g/mol. The molecule has 0 bridgehead atoms. The maximum absolute atomic E-state index is 10.9. The van der Waals surface area contributed by atoms with Gasteiger partial charge in [0.05, 0.1) is 16.7 Å². The third-order valence-corrected chi connectivity index (χ3v) is 2.22. The van der Waals surface area contributed by atoms with Crippen LogP contribution in [0.25, 0.3) is 11.3 Å². The van der Waals surface area contributed by atoms with Crippen LogP contribution in [0, 0.1) is 17.0 Å². The summed E-state index contributed by atoms with van der Waals surface area (Å²) in [7, 11) is 0. The first-order valence-electron chi connectivity index (χ1n) is 4.55. The lowest BCUT2D eigenvalue weighted by molar-refractivity contribution is -0.384. The summed E-state index contributed by atoms with van der Waals surface area (Å²) in [5.41, 5.74) is 6.48. The van der Waals surface area contributed by atoms with Crippen LogP contribution in [0.1, 0.15) is 5.56 Å². The molecule has 0 unspecified atom stereocenters. The number of hydrogen-bond acceptors (Lipinski definition) is 5. The Bertz CT molecular complexity index is 548. The second-order valence-corrected chi connectivity index (χ2v) is 3.29. The summed E-state index contributed by atoms with van der Waals surface area (Å²) in [6.07, 6.45) is 1.38. The van der Waals surface area contributed by atoms with Gasteiger partial charge in [0.25, 0.3) is 11.7 Å². The smallest absolute Gasteiger partial charge is 0.292 e. The fourth-order valence-electron chi connectivity index (χ4n) is 1.53. The fourth-order valence-corrected chi connectivity index (χ4v) is 1.53. The minimum absolute atomic E-state index is 0.00690.